The number of rotatable bonds is 9. The molecule has 0 aromatic carbocycles. The molecule has 0 saturated heterocycles. The summed E-state index contributed by atoms with van der Waals surface area (Å²) in [5.74, 6) is 2.23. The van der Waals surface area contributed by atoms with Gasteiger partial charge in [-0.1, -0.05) is 6.58 Å². The van der Waals surface area contributed by atoms with Crippen molar-refractivity contribution in [3.8, 4) is 0 Å². The van der Waals surface area contributed by atoms with E-state index in [2.05, 4.69) is 47.8 Å². The predicted octanol–water partition coefficient (Wildman–Crippen LogP) is 2.22. The number of aryl methyl sites for hydroxylation is 2. The van der Waals surface area contributed by atoms with Crippen LogP contribution in [0.25, 0.3) is 0 Å². The lowest BCUT2D eigenvalue weighted by Crippen LogP contribution is -2.28. The number of aromatic nitrogens is 4. The summed E-state index contributed by atoms with van der Waals surface area (Å²) in [5, 5.41) is 12.3. The topological polar surface area (TPSA) is 117 Å². The van der Waals surface area contributed by atoms with Gasteiger partial charge in [-0.05, 0) is 39.5 Å². The Labute approximate surface area is 176 Å². The van der Waals surface area contributed by atoms with Gasteiger partial charge in [0.15, 0.2) is 0 Å². The van der Waals surface area contributed by atoms with Crippen molar-refractivity contribution in [2.45, 2.75) is 39.2 Å². The molecule has 0 spiro atoms. The summed E-state index contributed by atoms with van der Waals surface area (Å²) in [6.07, 6.45) is 5.89. The molecular formula is C21H28N8O. The largest absolute Gasteiger partial charge is 0.389 e. The van der Waals surface area contributed by atoms with Crippen molar-refractivity contribution in [1.29, 1.82) is 0 Å². The number of carbonyl (C=O) groups excluding carboxylic acids is 1. The molecule has 1 fully saturated rings. The second-order valence-corrected chi connectivity index (χ2v) is 7.27. The number of hydrogen-bond acceptors (Lipinski definition) is 8. The van der Waals surface area contributed by atoms with E-state index in [0.717, 1.165) is 23.6 Å². The third-order valence-electron chi connectivity index (χ3n) is 4.84. The zero-order valence-electron chi connectivity index (χ0n) is 17.7. The number of anilines is 2. The molecule has 30 heavy (non-hydrogen) atoms. The van der Waals surface area contributed by atoms with Crippen molar-refractivity contribution in [2.75, 3.05) is 17.7 Å². The molecule has 1 amide bonds. The van der Waals surface area contributed by atoms with Gasteiger partial charge in [0, 0.05) is 48.7 Å². The van der Waals surface area contributed by atoms with Crippen LogP contribution in [0, 0.1) is 19.8 Å². The fourth-order valence-corrected chi connectivity index (χ4v) is 3.20. The molecular weight excluding hydrogens is 380 g/mol. The second kappa shape index (κ2) is 9.34. The van der Waals surface area contributed by atoms with Crippen LogP contribution in [-0.2, 0) is 4.79 Å². The maximum absolute atomic E-state index is 12.7. The van der Waals surface area contributed by atoms with Gasteiger partial charge in [0.05, 0.1) is 6.04 Å². The highest BCUT2D eigenvalue weighted by Crippen LogP contribution is 2.46. The first-order valence-corrected chi connectivity index (χ1v) is 9.88. The number of amides is 1. The van der Waals surface area contributed by atoms with Crippen LogP contribution in [0.5, 0.6) is 0 Å². The quantitative estimate of drug-likeness (QED) is 0.499. The number of carbonyl (C=O) groups is 1. The normalized spacial score (nSPS) is 18.9. The molecule has 4 N–H and O–H groups in total. The minimum Gasteiger partial charge on any atom is -0.389 e. The summed E-state index contributed by atoms with van der Waals surface area (Å²) in [4.78, 5) is 30.2. The molecule has 0 radical (unpaired) electrons. The van der Waals surface area contributed by atoms with Gasteiger partial charge < -0.3 is 21.3 Å². The first kappa shape index (κ1) is 21.2. The van der Waals surface area contributed by atoms with E-state index >= 15 is 0 Å². The van der Waals surface area contributed by atoms with Crippen LogP contribution in [0.1, 0.15) is 36.6 Å². The first-order valence-electron chi connectivity index (χ1n) is 9.88. The molecule has 3 rings (SSSR count). The van der Waals surface area contributed by atoms with Gasteiger partial charge in [0.1, 0.15) is 23.3 Å². The lowest BCUT2D eigenvalue weighted by Gasteiger charge is -2.19. The molecule has 158 valence electrons. The van der Waals surface area contributed by atoms with E-state index in [9.17, 15) is 4.79 Å². The van der Waals surface area contributed by atoms with Crippen LogP contribution in [0.3, 0.4) is 0 Å². The Morgan fingerprint density at radius 1 is 1.27 bits per heavy atom. The molecule has 2 aromatic rings. The van der Waals surface area contributed by atoms with E-state index in [-0.39, 0.29) is 23.8 Å². The van der Waals surface area contributed by atoms with Crippen molar-refractivity contribution in [2.24, 2.45) is 5.92 Å². The van der Waals surface area contributed by atoms with Gasteiger partial charge in [0.25, 0.3) is 0 Å². The average Bonchev–Trinajstić information content (AvgIpc) is 3.49. The minimum atomic E-state index is -0.138. The van der Waals surface area contributed by atoms with E-state index in [1.165, 1.54) is 0 Å². The van der Waals surface area contributed by atoms with E-state index in [1.54, 1.807) is 25.4 Å². The van der Waals surface area contributed by atoms with Gasteiger partial charge in [-0.15, -0.1) is 0 Å². The molecule has 3 atom stereocenters. The summed E-state index contributed by atoms with van der Waals surface area (Å²) in [7, 11) is 1.84. The van der Waals surface area contributed by atoms with Crippen molar-refractivity contribution in [1.82, 2.24) is 30.6 Å². The smallest absolute Gasteiger partial charge is 0.229 e. The Kier molecular flexibility index (Phi) is 6.61. The molecule has 9 heteroatoms. The van der Waals surface area contributed by atoms with Crippen LogP contribution in [-0.4, -0.2) is 38.9 Å². The fraction of sp³-hybridized carbons (Fsp3) is 0.381. The molecule has 1 aliphatic rings. The lowest BCUT2D eigenvalue weighted by molar-refractivity contribution is -0.117. The molecule has 1 aliphatic carbocycles. The van der Waals surface area contributed by atoms with Crippen LogP contribution in [0.2, 0.25) is 0 Å². The zero-order valence-corrected chi connectivity index (χ0v) is 17.7. The predicted molar refractivity (Wildman–Crippen MR) is 117 cm³/mol. The first-order chi connectivity index (χ1) is 14.4. The molecule has 1 saturated carbocycles. The third-order valence-corrected chi connectivity index (χ3v) is 4.84. The summed E-state index contributed by atoms with van der Waals surface area (Å²) in [5.41, 5.74) is 1.83. The third kappa shape index (κ3) is 5.31. The van der Waals surface area contributed by atoms with Crippen molar-refractivity contribution in [3.63, 3.8) is 0 Å². The molecule has 9 nitrogen and oxygen atoms in total. The summed E-state index contributed by atoms with van der Waals surface area (Å²) >= 11 is 0. The molecule has 0 bridgehead atoms. The lowest BCUT2D eigenvalue weighted by atomic mass is 10.2. The summed E-state index contributed by atoms with van der Waals surface area (Å²) in [6, 6.07) is 3.53. The highest BCUT2D eigenvalue weighted by molar-refractivity contribution is 5.94. The van der Waals surface area contributed by atoms with Gasteiger partial charge in [-0.25, -0.2) is 19.9 Å². The van der Waals surface area contributed by atoms with Gasteiger partial charge in [-0.3, -0.25) is 4.79 Å². The Balaban J connectivity index is 1.65. The van der Waals surface area contributed by atoms with Crippen molar-refractivity contribution < 1.29 is 4.79 Å². The second-order valence-electron chi connectivity index (χ2n) is 7.27. The van der Waals surface area contributed by atoms with Crippen molar-refractivity contribution >= 4 is 17.5 Å². The van der Waals surface area contributed by atoms with Crippen LogP contribution in [0.15, 0.2) is 43.0 Å². The van der Waals surface area contributed by atoms with Crippen LogP contribution in [0.4, 0.5) is 11.6 Å². The van der Waals surface area contributed by atoms with E-state index in [0.29, 0.717) is 17.5 Å². The Morgan fingerprint density at radius 3 is 2.73 bits per heavy atom. The zero-order chi connectivity index (χ0) is 21.7. The molecule has 2 aromatic heterocycles. The SMILES string of the molecule is C=CN/C=C(\NC)[C@H](C)Nc1cc(NC(=O)[C@H]2C[C@@H]2c2nccc(C)n2)nc(C)n1. The minimum absolute atomic E-state index is 0.0495. The standard InChI is InChI=1S/C21H28N8O/c1-6-23-11-17(22-5)13(3)26-18-10-19(28-14(4)27-18)29-21(30)16-9-15(16)20-24-8-7-12(2)25-20/h6-8,10-11,13,15-16,22-23H,1,9H2,2-5H3,(H2,26,27,28,29,30)/b17-11-/t13-,15-,16-/m0/s1. The number of likely N-dealkylation sites (N-methyl/N-ethyl adjacent to an activating group) is 1. The number of nitrogens with one attached hydrogen (secondary N) is 4. The average molecular weight is 409 g/mol. The Hall–Kier alpha value is -3.49. The maximum Gasteiger partial charge on any atom is 0.229 e. The highest BCUT2D eigenvalue weighted by Gasteiger charge is 2.46. The van der Waals surface area contributed by atoms with E-state index < -0.39 is 0 Å². The van der Waals surface area contributed by atoms with Gasteiger partial charge >= 0.3 is 0 Å². The maximum atomic E-state index is 12.7. The monoisotopic (exact) mass is 408 g/mol. The summed E-state index contributed by atoms with van der Waals surface area (Å²) in [6.45, 7) is 9.35. The van der Waals surface area contributed by atoms with E-state index in [4.69, 9.17) is 0 Å². The van der Waals surface area contributed by atoms with E-state index in [1.807, 2.05) is 33.2 Å². The number of hydrogen-bond donors (Lipinski definition) is 4. The van der Waals surface area contributed by atoms with Crippen LogP contribution < -0.4 is 21.3 Å². The summed E-state index contributed by atoms with van der Waals surface area (Å²) < 4.78 is 0. The van der Waals surface area contributed by atoms with Gasteiger partial charge in [0.2, 0.25) is 5.91 Å². The molecule has 0 unspecified atom stereocenters. The number of nitrogens with zero attached hydrogens (tertiary/aromatic N) is 4. The highest BCUT2D eigenvalue weighted by atomic mass is 16.2. The van der Waals surface area contributed by atoms with Crippen molar-refractivity contribution in [3.05, 3.63) is 60.3 Å². The molecule has 2 heterocycles. The Morgan fingerprint density at radius 2 is 2.03 bits per heavy atom. The Bertz CT molecular complexity index is 958. The van der Waals surface area contributed by atoms with Crippen LogP contribution >= 0.6 is 0 Å². The van der Waals surface area contributed by atoms with Gasteiger partial charge in [-0.2, -0.15) is 0 Å². The molecule has 0 aliphatic heterocycles. The fourth-order valence-electron chi connectivity index (χ4n) is 3.20.